The Morgan fingerprint density at radius 3 is 2.30 bits per heavy atom. The van der Waals surface area contributed by atoms with Gasteiger partial charge in [0.1, 0.15) is 0 Å². The first kappa shape index (κ1) is 8.90. The third-order valence-corrected chi connectivity index (χ3v) is 0.949. The molecule has 0 aromatic carbocycles. The average molecular weight is 147 g/mol. The molecule has 1 unspecified atom stereocenters. The van der Waals surface area contributed by atoms with Crippen molar-refractivity contribution in [3.63, 3.8) is 0 Å². The van der Waals surface area contributed by atoms with Crippen LogP contribution in [0.2, 0.25) is 0 Å². The number of amides is 1. The van der Waals surface area contributed by atoms with E-state index in [2.05, 4.69) is 0 Å². The minimum Gasteiger partial charge on any atom is -0.479 e. The van der Waals surface area contributed by atoms with Crippen LogP contribution in [0.3, 0.4) is 0 Å². The van der Waals surface area contributed by atoms with E-state index < -0.39 is 18.0 Å². The summed E-state index contributed by atoms with van der Waals surface area (Å²) in [6, 6.07) is 0. The van der Waals surface area contributed by atoms with Crippen LogP contribution in [0.15, 0.2) is 0 Å². The van der Waals surface area contributed by atoms with Crippen LogP contribution in [0.5, 0.6) is 0 Å². The van der Waals surface area contributed by atoms with Crippen molar-refractivity contribution in [2.24, 2.45) is 5.73 Å². The zero-order valence-electron chi connectivity index (χ0n) is 5.28. The van der Waals surface area contributed by atoms with Crippen LogP contribution in [-0.4, -0.2) is 28.2 Å². The topological polar surface area (TPSA) is 101 Å². The monoisotopic (exact) mass is 147 g/mol. The Balaban J connectivity index is 3.49. The van der Waals surface area contributed by atoms with Gasteiger partial charge in [0.25, 0.3) is 0 Å². The average Bonchev–Trinajstić information content (AvgIpc) is 1.82. The van der Waals surface area contributed by atoms with Crippen LogP contribution in [0.4, 0.5) is 0 Å². The molecule has 1 amide bonds. The van der Waals surface area contributed by atoms with E-state index in [9.17, 15) is 9.59 Å². The second kappa shape index (κ2) is 3.84. The van der Waals surface area contributed by atoms with Gasteiger partial charge in [-0.25, -0.2) is 4.79 Å². The van der Waals surface area contributed by atoms with Crippen molar-refractivity contribution < 1.29 is 19.8 Å². The second-order valence-corrected chi connectivity index (χ2v) is 1.86. The third kappa shape index (κ3) is 3.85. The number of nitrogens with two attached hydrogens (primary N) is 1. The van der Waals surface area contributed by atoms with E-state index in [1.165, 1.54) is 0 Å². The summed E-state index contributed by atoms with van der Waals surface area (Å²) >= 11 is 0. The standard InChI is InChI=1S/C5H9NO4/c6-4(8)2-1-3(7)5(9)10/h3,7H,1-2H2,(H2,6,8)(H,9,10). The van der Waals surface area contributed by atoms with Crippen LogP contribution >= 0.6 is 0 Å². The summed E-state index contributed by atoms with van der Waals surface area (Å²) in [6.07, 6.45) is -1.70. The molecule has 0 rings (SSSR count). The minimum atomic E-state index is -1.48. The smallest absolute Gasteiger partial charge is 0.332 e. The predicted molar refractivity (Wildman–Crippen MR) is 32.1 cm³/mol. The highest BCUT2D eigenvalue weighted by molar-refractivity contribution is 5.76. The molecular weight excluding hydrogens is 138 g/mol. The molecule has 0 radical (unpaired) electrons. The van der Waals surface area contributed by atoms with Gasteiger partial charge >= 0.3 is 5.97 Å². The number of aliphatic carboxylic acids is 1. The molecule has 0 aliphatic carbocycles. The molecule has 0 spiro atoms. The van der Waals surface area contributed by atoms with Crippen molar-refractivity contribution in [1.82, 2.24) is 0 Å². The summed E-state index contributed by atoms with van der Waals surface area (Å²) in [5.74, 6) is -1.94. The van der Waals surface area contributed by atoms with Crippen molar-refractivity contribution >= 4 is 11.9 Å². The van der Waals surface area contributed by atoms with Crippen molar-refractivity contribution in [1.29, 1.82) is 0 Å². The molecule has 0 aliphatic rings. The largest absolute Gasteiger partial charge is 0.479 e. The molecule has 0 heterocycles. The van der Waals surface area contributed by atoms with Crippen LogP contribution in [0, 0.1) is 0 Å². The van der Waals surface area contributed by atoms with Crippen LogP contribution in [0.25, 0.3) is 0 Å². The van der Waals surface area contributed by atoms with Gasteiger partial charge in [-0.15, -0.1) is 0 Å². The first-order chi connectivity index (χ1) is 4.54. The first-order valence-corrected chi connectivity index (χ1v) is 2.73. The molecule has 10 heavy (non-hydrogen) atoms. The Kier molecular flexibility index (Phi) is 3.42. The van der Waals surface area contributed by atoms with Crippen molar-refractivity contribution in [2.75, 3.05) is 0 Å². The SMILES string of the molecule is NC(=O)CCC(O)C(=O)O. The molecule has 0 saturated heterocycles. The molecule has 4 N–H and O–H groups in total. The molecule has 0 aromatic heterocycles. The number of carbonyl (C=O) groups excluding carboxylic acids is 1. The summed E-state index contributed by atoms with van der Waals surface area (Å²) < 4.78 is 0. The highest BCUT2D eigenvalue weighted by Crippen LogP contribution is 1.95. The minimum absolute atomic E-state index is 0.104. The van der Waals surface area contributed by atoms with Gasteiger partial charge in [-0.2, -0.15) is 0 Å². The maximum absolute atomic E-state index is 10.0. The maximum atomic E-state index is 10.0. The second-order valence-electron chi connectivity index (χ2n) is 1.86. The summed E-state index contributed by atoms with van der Waals surface area (Å²) in [5.41, 5.74) is 4.70. The van der Waals surface area contributed by atoms with Crippen LogP contribution in [0.1, 0.15) is 12.8 Å². The fourth-order valence-corrected chi connectivity index (χ4v) is 0.402. The third-order valence-electron chi connectivity index (χ3n) is 0.949. The highest BCUT2D eigenvalue weighted by atomic mass is 16.4. The van der Waals surface area contributed by atoms with Gasteiger partial charge < -0.3 is 15.9 Å². The molecule has 5 nitrogen and oxygen atoms in total. The van der Waals surface area contributed by atoms with Crippen molar-refractivity contribution in [3.8, 4) is 0 Å². The van der Waals surface area contributed by atoms with Crippen LogP contribution < -0.4 is 5.73 Å². The van der Waals surface area contributed by atoms with E-state index in [0.717, 1.165) is 0 Å². The lowest BCUT2D eigenvalue weighted by Gasteiger charge is -2.00. The lowest BCUT2D eigenvalue weighted by Crippen LogP contribution is -2.22. The van der Waals surface area contributed by atoms with Gasteiger partial charge in [0.05, 0.1) is 0 Å². The number of primary amides is 1. The van der Waals surface area contributed by atoms with Gasteiger partial charge in [-0.3, -0.25) is 4.79 Å². The van der Waals surface area contributed by atoms with E-state index in [0.29, 0.717) is 0 Å². The van der Waals surface area contributed by atoms with E-state index in [-0.39, 0.29) is 12.8 Å². The molecule has 0 fully saturated rings. The van der Waals surface area contributed by atoms with E-state index in [1.54, 1.807) is 0 Å². The van der Waals surface area contributed by atoms with Gasteiger partial charge in [0.15, 0.2) is 6.10 Å². The zero-order valence-corrected chi connectivity index (χ0v) is 5.28. The Bertz CT molecular complexity index is 145. The van der Waals surface area contributed by atoms with E-state index >= 15 is 0 Å². The summed E-state index contributed by atoms with van der Waals surface area (Å²) in [4.78, 5) is 20.0. The Morgan fingerprint density at radius 2 is 2.00 bits per heavy atom. The quantitative estimate of drug-likeness (QED) is 0.460. The number of aliphatic hydroxyl groups is 1. The lowest BCUT2D eigenvalue weighted by molar-refractivity contribution is -0.147. The molecule has 1 atom stereocenters. The van der Waals surface area contributed by atoms with Crippen molar-refractivity contribution in [3.05, 3.63) is 0 Å². The maximum Gasteiger partial charge on any atom is 0.332 e. The molecule has 0 saturated carbocycles. The van der Waals surface area contributed by atoms with Gasteiger partial charge in [-0.1, -0.05) is 0 Å². The first-order valence-electron chi connectivity index (χ1n) is 2.73. The fraction of sp³-hybridized carbons (Fsp3) is 0.600. The molecule has 0 aromatic rings. The van der Waals surface area contributed by atoms with Crippen molar-refractivity contribution in [2.45, 2.75) is 18.9 Å². The highest BCUT2D eigenvalue weighted by Gasteiger charge is 2.12. The van der Waals surface area contributed by atoms with Gasteiger partial charge in [-0.05, 0) is 6.42 Å². The number of rotatable bonds is 4. The zero-order chi connectivity index (χ0) is 8.15. The molecule has 5 heteroatoms. The van der Waals surface area contributed by atoms with Crippen LogP contribution in [-0.2, 0) is 9.59 Å². The Labute approximate surface area is 57.5 Å². The van der Waals surface area contributed by atoms with E-state index in [1.807, 2.05) is 0 Å². The number of carboxylic acids is 1. The summed E-state index contributed by atoms with van der Waals surface area (Å²) in [5, 5.41) is 16.7. The number of carbonyl (C=O) groups is 2. The summed E-state index contributed by atoms with van der Waals surface area (Å²) in [7, 11) is 0. The molecular formula is C5H9NO4. The summed E-state index contributed by atoms with van der Waals surface area (Å²) in [6.45, 7) is 0. The number of aliphatic hydroxyl groups excluding tert-OH is 1. The number of hydrogen-bond donors (Lipinski definition) is 3. The lowest BCUT2D eigenvalue weighted by atomic mass is 10.2. The normalized spacial score (nSPS) is 12.5. The Hall–Kier alpha value is -1.10. The number of hydrogen-bond acceptors (Lipinski definition) is 3. The van der Waals surface area contributed by atoms with E-state index in [4.69, 9.17) is 15.9 Å². The van der Waals surface area contributed by atoms with Gasteiger partial charge in [0, 0.05) is 6.42 Å². The fourth-order valence-electron chi connectivity index (χ4n) is 0.402. The molecule has 58 valence electrons. The Morgan fingerprint density at radius 1 is 1.50 bits per heavy atom. The molecule has 0 aliphatic heterocycles. The van der Waals surface area contributed by atoms with Gasteiger partial charge in [0.2, 0.25) is 5.91 Å². The number of carboxylic acid groups (broad SMARTS) is 1. The predicted octanol–water partition coefficient (Wildman–Crippen LogP) is -1.30. The molecule has 0 bridgehead atoms.